The Hall–Kier alpha value is -1.73. The number of likely N-dealkylation sites (N-methyl/N-ethyl adjacent to an activating group) is 1. The van der Waals surface area contributed by atoms with Gasteiger partial charge < -0.3 is 10.4 Å². The highest BCUT2D eigenvalue weighted by atomic mass is 16.3. The molecular formula is C10H15N5O2. The SMILES string of the molecule is CNCC(O)Cn1cnc2c(cnn2C)c1=O. The monoisotopic (exact) mass is 237 g/mol. The first-order valence-electron chi connectivity index (χ1n) is 5.33. The van der Waals surface area contributed by atoms with Crippen LogP contribution in [0.15, 0.2) is 17.3 Å². The van der Waals surface area contributed by atoms with Crippen LogP contribution in [0.1, 0.15) is 0 Å². The van der Waals surface area contributed by atoms with Crippen molar-refractivity contribution in [2.75, 3.05) is 13.6 Å². The molecule has 0 bridgehead atoms. The summed E-state index contributed by atoms with van der Waals surface area (Å²) in [6.45, 7) is 0.648. The van der Waals surface area contributed by atoms with Crippen molar-refractivity contribution in [2.24, 2.45) is 7.05 Å². The Bertz CT molecular complexity index is 574. The minimum atomic E-state index is -0.617. The number of nitrogens with one attached hydrogen (secondary N) is 1. The zero-order valence-corrected chi connectivity index (χ0v) is 9.79. The van der Waals surface area contributed by atoms with Crippen LogP contribution in [-0.2, 0) is 13.6 Å². The Balaban J connectivity index is 2.36. The molecule has 92 valence electrons. The number of aromatic nitrogens is 4. The Labute approximate surface area is 97.7 Å². The molecule has 0 aliphatic carbocycles. The molecule has 2 rings (SSSR count). The standard InChI is InChI=1S/C10H15N5O2/c1-11-3-7(16)5-15-6-12-9-8(10(15)17)4-13-14(9)2/h4,6-7,11,16H,3,5H2,1-2H3. The third-order valence-electron chi connectivity index (χ3n) is 2.57. The van der Waals surface area contributed by atoms with Gasteiger partial charge in [-0.15, -0.1) is 0 Å². The lowest BCUT2D eigenvalue weighted by Crippen LogP contribution is -2.32. The van der Waals surface area contributed by atoms with E-state index in [1.54, 1.807) is 18.8 Å². The van der Waals surface area contributed by atoms with E-state index >= 15 is 0 Å². The predicted octanol–water partition coefficient (Wildman–Crippen LogP) is -1.29. The van der Waals surface area contributed by atoms with Gasteiger partial charge in [0.25, 0.3) is 5.56 Å². The average molecular weight is 237 g/mol. The minimum Gasteiger partial charge on any atom is -0.390 e. The van der Waals surface area contributed by atoms with Gasteiger partial charge in [-0.05, 0) is 7.05 Å². The van der Waals surface area contributed by atoms with Crippen molar-refractivity contribution < 1.29 is 5.11 Å². The van der Waals surface area contributed by atoms with Crippen LogP contribution in [0.25, 0.3) is 11.0 Å². The van der Waals surface area contributed by atoms with E-state index in [0.29, 0.717) is 17.6 Å². The molecule has 0 aliphatic heterocycles. The molecule has 0 fully saturated rings. The highest BCUT2D eigenvalue weighted by Crippen LogP contribution is 2.03. The molecule has 0 aliphatic rings. The summed E-state index contributed by atoms with van der Waals surface area (Å²) in [5, 5.41) is 16.9. The van der Waals surface area contributed by atoms with E-state index in [0.717, 1.165) is 0 Å². The first-order valence-corrected chi connectivity index (χ1v) is 5.33. The smallest absolute Gasteiger partial charge is 0.264 e. The van der Waals surface area contributed by atoms with Crippen molar-refractivity contribution >= 4 is 11.0 Å². The van der Waals surface area contributed by atoms with Crippen LogP contribution in [0.3, 0.4) is 0 Å². The average Bonchev–Trinajstić information content (AvgIpc) is 2.66. The Morgan fingerprint density at radius 1 is 1.59 bits per heavy atom. The minimum absolute atomic E-state index is 0.182. The highest BCUT2D eigenvalue weighted by molar-refractivity contribution is 5.72. The molecule has 0 radical (unpaired) electrons. The molecule has 2 aromatic rings. The number of aliphatic hydroxyl groups is 1. The van der Waals surface area contributed by atoms with Crippen molar-refractivity contribution in [3.05, 3.63) is 22.9 Å². The number of hydrogen-bond acceptors (Lipinski definition) is 5. The van der Waals surface area contributed by atoms with Gasteiger partial charge in [-0.25, -0.2) is 4.98 Å². The van der Waals surface area contributed by atoms with Crippen LogP contribution in [0, 0.1) is 0 Å². The van der Waals surface area contributed by atoms with E-state index in [1.807, 2.05) is 0 Å². The van der Waals surface area contributed by atoms with Crippen molar-refractivity contribution in [1.29, 1.82) is 0 Å². The number of rotatable bonds is 4. The molecule has 2 N–H and O–H groups in total. The summed E-state index contributed by atoms with van der Waals surface area (Å²) in [6, 6.07) is 0. The lowest BCUT2D eigenvalue weighted by Gasteiger charge is -2.11. The fourth-order valence-corrected chi connectivity index (χ4v) is 1.72. The van der Waals surface area contributed by atoms with Gasteiger partial charge in [-0.1, -0.05) is 0 Å². The van der Waals surface area contributed by atoms with E-state index < -0.39 is 6.10 Å². The van der Waals surface area contributed by atoms with Crippen molar-refractivity contribution in [2.45, 2.75) is 12.6 Å². The van der Waals surface area contributed by atoms with Gasteiger partial charge in [0.15, 0.2) is 5.65 Å². The molecule has 2 aromatic heterocycles. The van der Waals surface area contributed by atoms with Gasteiger partial charge in [-0.2, -0.15) is 5.10 Å². The van der Waals surface area contributed by atoms with Crippen molar-refractivity contribution in [3.63, 3.8) is 0 Å². The third kappa shape index (κ3) is 2.20. The Kier molecular flexibility index (Phi) is 3.21. The quantitative estimate of drug-likeness (QED) is 0.691. The van der Waals surface area contributed by atoms with Crippen molar-refractivity contribution in [1.82, 2.24) is 24.6 Å². The van der Waals surface area contributed by atoms with Gasteiger partial charge in [0.1, 0.15) is 11.7 Å². The predicted molar refractivity (Wildman–Crippen MR) is 62.7 cm³/mol. The second kappa shape index (κ2) is 4.64. The Morgan fingerprint density at radius 3 is 3.06 bits per heavy atom. The first kappa shape index (κ1) is 11.7. The third-order valence-corrected chi connectivity index (χ3v) is 2.57. The summed E-state index contributed by atoms with van der Waals surface area (Å²) in [5.41, 5.74) is 0.368. The molecular weight excluding hydrogens is 222 g/mol. The summed E-state index contributed by atoms with van der Waals surface area (Å²) in [6.07, 6.45) is 2.31. The molecule has 0 saturated carbocycles. The largest absolute Gasteiger partial charge is 0.390 e. The number of aryl methyl sites for hydroxylation is 1. The summed E-state index contributed by atoms with van der Waals surface area (Å²) < 4.78 is 2.94. The van der Waals surface area contributed by atoms with Gasteiger partial charge in [-0.3, -0.25) is 14.0 Å². The molecule has 1 atom stereocenters. The van der Waals surface area contributed by atoms with E-state index in [9.17, 15) is 9.90 Å². The number of fused-ring (bicyclic) bond motifs is 1. The maximum absolute atomic E-state index is 12.0. The highest BCUT2D eigenvalue weighted by Gasteiger charge is 2.10. The second-order valence-electron chi connectivity index (χ2n) is 3.92. The van der Waals surface area contributed by atoms with Gasteiger partial charge in [0.05, 0.1) is 18.8 Å². The normalized spacial score (nSPS) is 13.1. The van der Waals surface area contributed by atoms with Crippen molar-refractivity contribution in [3.8, 4) is 0 Å². The fourth-order valence-electron chi connectivity index (χ4n) is 1.72. The first-order chi connectivity index (χ1) is 8.13. The van der Waals surface area contributed by atoms with E-state index in [4.69, 9.17) is 0 Å². The number of nitrogens with zero attached hydrogens (tertiary/aromatic N) is 4. The molecule has 7 nitrogen and oxygen atoms in total. The second-order valence-corrected chi connectivity index (χ2v) is 3.92. The molecule has 2 heterocycles. The van der Waals surface area contributed by atoms with Crippen LogP contribution < -0.4 is 10.9 Å². The van der Waals surface area contributed by atoms with Crippen LogP contribution in [0.2, 0.25) is 0 Å². The number of aliphatic hydroxyl groups excluding tert-OH is 1. The van der Waals surface area contributed by atoms with Gasteiger partial charge in [0, 0.05) is 13.6 Å². The topological polar surface area (TPSA) is 85.0 Å². The lowest BCUT2D eigenvalue weighted by molar-refractivity contribution is 0.152. The van der Waals surface area contributed by atoms with E-state index in [2.05, 4.69) is 15.4 Å². The molecule has 1 unspecified atom stereocenters. The van der Waals surface area contributed by atoms with Gasteiger partial charge >= 0.3 is 0 Å². The summed E-state index contributed by atoms with van der Waals surface area (Å²) in [5.74, 6) is 0. The summed E-state index contributed by atoms with van der Waals surface area (Å²) >= 11 is 0. The maximum atomic E-state index is 12.0. The van der Waals surface area contributed by atoms with Crippen LogP contribution in [-0.4, -0.2) is 44.1 Å². The summed E-state index contributed by atoms with van der Waals surface area (Å²) in [7, 11) is 3.48. The number of hydrogen-bond donors (Lipinski definition) is 2. The van der Waals surface area contributed by atoms with Crippen LogP contribution >= 0.6 is 0 Å². The van der Waals surface area contributed by atoms with Crippen LogP contribution in [0.4, 0.5) is 0 Å². The fraction of sp³-hybridized carbons (Fsp3) is 0.500. The molecule has 0 aromatic carbocycles. The molecule has 17 heavy (non-hydrogen) atoms. The van der Waals surface area contributed by atoms with E-state index in [1.165, 1.54) is 17.1 Å². The molecule has 0 spiro atoms. The van der Waals surface area contributed by atoms with Crippen LogP contribution in [0.5, 0.6) is 0 Å². The molecule has 0 saturated heterocycles. The summed E-state index contributed by atoms with van der Waals surface area (Å²) in [4.78, 5) is 16.2. The Morgan fingerprint density at radius 2 is 2.35 bits per heavy atom. The zero-order chi connectivity index (χ0) is 12.4. The maximum Gasteiger partial charge on any atom is 0.264 e. The molecule has 7 heteroatoms. The lowest BCUT2D eigenvalue weighted by atomic mass is 10.3. The van der Waals surface area contributed by atoms with Gasteiger partial charge in [0.2, 0.25) is 0 Å². The molecule has 0 amide bonds. The zero-order valence-electron chi connectivity index (χ0n) is 9.79. The van der Waals surface area contributed by atoms with E-state index in [-0.39, 0.29) is 12.1 Å².